The van der Waals surface area contributed by atoms with Crippen LogP contribution in [0.5, 0.6) is 0 Å². The largest absolute Gasteiger partial charge is 0.350 e. The van der Waals surface area contributed by atoms with Gasteiger partial charge in [0.05, 0.1) is 11.6 Å². The summed E-state index contributed by atoms with van der Waals surface area (Å²) >= 11 is 0. The zero-order valence-corrected chi connectivity index (χ0v) is 19.8. The number of hydrogen-bond acceptors (Lipinski definition) is 3. The van der Waals surface area contributed by atoms with Crippen molar-refractivity contribution in [2.45, 2.75) is 50.9 Å². The number of Topliss-reactive ketones (excluding diaryl/α,β-unsaturated/α-hetero) is 1. The van der Waals surface area contributed by atoms with E-state index in [9.17, 15) is 9.59 Å². The van der Waals surface area contributed by atoms with Crippen molar-refractivity contribution in [2.24, 2.45) is 13.0 Å². The lowest BCUT2D eigenvalue weighted by Crippen LogP contribution is -2.40. The van der Waals surface area contributed by atoms with Gasteiger partial charge in [-0.2, -0.15) is 5.26 Å². The highest BCUT2D eigenvalue weighted by Crippen LogP contribution is 2.36. The number of carbonyl (C=O) groups excluding carboxylic acids is 2. The predicted octanol–water partition coefficient (Wildman–Crippen LogP) is 5.37. The molecule has 0 bridgehead atoms. The molecule has 2 heterocycles. The van der Waals surface area contributed by atoms with Crippen LogP contribution in [0.25, 0.3) is 10.9 Å². The summed E-state index contributed by atoms with van der Waals surface area (Å²) in [6, 6.07) is 15.3. The molecule has 1 aromatic heterocycles. The topological polar surface area (TPSA) is 66.1 Å². The summed E-state index contributed by atoms with van der Waals surface area (Å²) in [4.78, 5) is 27.8. The molecular weight excluding hydrogens is 422 g/mol. The maximum absolute atomic E-state index is 12.9. The molecule has 34 heavy (non-hydrogen) atoms. The van der Waals surface area contributed by atoms with Crippen molar-refractivity contribution in [3.8, 4) is 6.07 Å². The molecule has 1 aliphatic carbocycles. The van der Waals surface area contributed by atoms with Gasteiger partial charge in [-0.05, 0) is 67.0 Å². The first-order valence-electron chi connectivity index (χ1n) is 12.4. The van der Waals surface area contributed by atoms with Gasteiger partial charge in [0.1, 0.15) is 0 Å². The Morgan fingerprint density at radius 2 is 1.79 bits per heavy atom. The van der Waals surface area contributed by atoms with Gasteiger partial charge in [-0.1, -0.05) is 31.0 Å². The molecule has 2 fully saturated rings. The number of piperidine rings is 1. The monoisotopic (exact) mass is 453 g/mol. The van der Waals surface area contributed by atoms with Crippen LogP contribution >= 0.6 is 0 Å². The number of nitriles is 1. The average molecular weight is 454 g/mol. The van der Waals surface area contributed by atoms with Gasteiger partial charge >= 0.3 is 0 Å². The van der Waals surface area contributed by atoms with Gasteiger partial charge in [-0.15, -0.1) is 0 Å². The van der Waals surface area contributed by atoms with E-state index < -0.39 is 0 Å². The highest BCUT2D eigenvalue weighted by molar-refractivity contribution is 5.98. The van der Waals surface area contributed by atoms with Gasteiger partial charge in [0.15, 0.2) is 5.78 Å². The maximum atomic E-state index is 12.9. The molecule has 5 rings (SSSR count). The fraction of sp³-hybridized carbons (Fsp3) is 0.414. The Balaban J connectivity index is 1.32. The summed E-state index contributed by atoms with van der Waals surface area (Å²) in [7, 11) is 2.07. The lowest BCUT2D eigenvalue weighted by atomic mass is 9.88. The number of benzene rings is 2. The molecule has 0 unspecified atom stereocenters. The number of fused-ring (bicyclic) bond motifs is 1. The fourth-order valence-electron chi connectivity index (χ4n) is 5.80. The van der Waals surface area contributed by atoms with Crippen LogP contribution in [0, 0.1) is 17.2 Å². The van der Waals surface area contributed by atoms with E-state index >= 15 is 0 Å². The normalized spacial score (nSPS) is 17.2. The second kappa shape index (κ2) is 9.46. The van der Waals surface area contributed by atoms with Crippen LogP contribution in [0.4, 0.5) is 0 Å². The van der Waals surface area contributed by atoms with Crippen LogP contribution in [0.2, 0.25) is 0 Å². The van der Waals surface area contributed by atoms with Crippen LogP contribution in [-0.4, -0.2) is 34.2 Å². The van der Waals surface area contributed by atoms with Crippen molar-refractivity contribution >= 4 is 22.6 Å². The molecule has 1 amide bonds. The number of aryl methyl sites for hydroxylation is 1. The summed E-state index contributed by atoms with van der Waals surface area (Å²) in [5.74, 6) is 1.07. The first kappa shape index (κ1) is 22.4. The van der Waals surface area contributed by atoms with Gasteiger partial charge in [0.2, 0.25) is 5.91 Å². The Morgan fingerprint density at radius 3 is 2.53 bits per heavy atom. The molecule has 0 atom stereocenters. The minimum absolute atomic E-state index is 0.0210. The summed E-state index contributed by atoms with van der Waals surface area (Å²) in [6.07, 6.45) is 9.02. The lowest BCUT2D eigenvalue weighted by Gasteiger charge is -2.33. The maximum Gasteiger partial charge on any atom is 0.225 e. The minimum atomic E-state index is 0.0210. The van der Waals surface area contributed by atoms with Crippen molar-refractivity contribution in [2.75, 3.05) is 13.1 Å². The van der Waals surface area contributed by atoms with Crippen LogP contribution in [0.15, 0.2) is 48.7 Å². The molecule has 2 aliphatic rings. The molecule has 3 aromatic rings. The van der Waals surface area contributed by atoms with E-state index in [-0.39, 0.29) is 11.7 Å². The van der Waals surface area contributed by atoms with E-state index in [0.29, 0.717) is 29.4 Å². The molecule has 5 heteroatoms. The van der Waals surface area contributed by atoms with Crippen LogP contribution in [-0.2, 0) is 18.3 Å². The summed E-state index contributed by atoms with van der Waals surface area (Å²) in [6.45, 7) is 1.67. The van der Waals surface area contributed by atoms with Gasteiger partial charge in [0, 0.05) is 55.1 Å². The highest BCUT2D eigenvalue weighted by Gasteiger charge is 2.31. The fourth-order valence-corrected chi connectivity index (χ4v) is 5.80. The molecule has 1 aliphatic heterocycles. The van der Waals surface area contributed by atoms with E-state index in [0.717, 1.165) is 44.3 Å². The quantitative estimate of drug-likeness (QED) is 0.488. The van der Waals surface area contributed by atoms with Crippen LogP contribution < -0.4 is 0 Å². The van der Waals surface area contributed by atoms with Gasteiger partial charge < -0.3 is 9.47 Å². The zero-order valence-electron chi connectivity index (χ0n) is 19.8. The smallest absolute Gasteiger partial charge is 0.225 e. The minimum Gasteiger partial charge on any atom is -0.350 e. The number of hydrogen-bond donors (Lipinski definition) is 0. The third kappa shape index (κ3) is 4.37. The van der Waals surface area contributed by atoms with Crippen molar-refractivity contribution in [1.82, 2.24) is 9.47 Å². The summed E-state index contributed by atoms with van der Waals surface area (Å²) in [5.41, 5.74) is 4.56. The molecule has 0 N–H and O–H groups in total. The van der Waals surface area contributed by atoms with Crippen molar-refractivity contribution in [3.05, 3.63) is 70.9 Å². The van der Waals surface area contributed by atoms with Crippen molar-refractivity contribution < 1.29 is 9.59 Å². The lowest BCUT2D eigenvalue weighted by molar-refractivity contribution is -0.136. The van der Waals surface area contributed by atoms with Gasteiger partial charge in [0.25, 0.3) is 0 Å². The molecule has 0 radical (unpaired) electrons. The SMILES string of the molecule is Cn1cc(C2CCN(C(=O)C3CCCC3)CC2)c2cc(CC(=O)c3cccc(C#N)c3)ccc21. The van der Waals surface area contributed by atoms with E-state index in [1.807, 2.05) is 6.07 Å². The summed E-state index contributed by atoms with van der Waals surface area (Å²) < 4.78 is 2.17. The Hall–Kier alpha value is -3.39. The first-order chi connectivity index (χ1) is 16.5. The van der Waals surface area contributed by atoms with Crippen molar-refractivity contribution in [1.29, 1.82) is 5.26 Å². The number of rotatable bonds is 5. The van der Waals surface area contributed by atoms with E-state index in [1.165, 1.54) is 29.3 Å². The number of nitrogens with zero attached hydrogens (tertiary/aromatic N) is 3. The molecule has 0 spiro atoms. The first-order valence-corrected chi connectivity index (χ1v) is 12.4. The third-order valence-electron chi connectivity index (χ3n) is 7.71. The van der Waals surface area contributed by atoms with Crippen LogP contribution in [0.1, 0.15) is 71.5 Å². The Morgan fingerprint density at radius 1 is 1.03 bits per heavy atom. The molecule has 5 nitrogen and oxygen atoms in total. The molecule has 174 valence electrons. The van der Waals surface area contributed by atoms with Crippen molar-refractivity contribution in [3.63, 3.8) is 0 Å². The molecule has 2 aromatic carbocycles. The van der Waals surface area contributed by atoms with E-state index in [2.05, 4.69) is 40.9 Å². The summed E-state index contributed by atoms with van der Waals surface area (Å²) in [5, 5.41) is 10.3. The number of ketones is 1. The molecule has 1 saturated carbocycles. The number of aromatic nitrogens is 1. The van der Waals surface area contributed by atoms with E-state index in [4.69, 9.17) is 5.26 Å². The standard InChI is InChI=1S/C29H31N3O2/c1-31-19-26(22-11-13-32(14-12-22)29(34)23-6-2-3-7-23)25-16-20(9-10-27(25)31)17-28(33)24-8-4-5-21(15-24)18-30/h4-5,8-10,15-16,19,22-23H,2-3,6-7,11-14,17H2,1H3. The highest BCUT2D eigenvalue weighted by atomic mass is 16.2. The zero-order chi connectivity index (χ0) is 23.7. The van der Waals surface area contributed by atoms with Gasteiger partial charge in [-0.25, -0.2) is 0 Å². The Bertz CT molecular complexity index is 1270. The second-order valence-corrected chi connectivity index (χ2v) is 9.92. The second-order valence-electron chi connectivity index (χ2n) is 9.92. The average Bonchev–Trinajstić information content (AvgIpc) is 3.52. The van der Waals surface area contributed by atoms with E-state index in [1.54, 1.807) is 24.3 Å². The van der Waals surface area contributed by atoms with Gasteiger partial charge in [-0.3, -0.25) is 9.59 Å². The van der Waals surface area contributed by atoms with Crippen LogP contribution in [0.3, 0.4) is 0 Å². The molecular formula is C29H31N3O2. The number of amides is 1. The third-order valence-corrected chi connectivity index (χ3v) is 7.71. The Labute approximate surface area is 201 Å². The predicted molar refractivity (Wildman–Crippen MR) is 133 cm³/mol. The Kier molecular flexibility index (Phi) is 6.24. The molecule has 1 saturated heterocycles. The number of carbonyl (C=O) groups is 2. The number of likely N-dealkylation sites (tertiary alicyclic amines) is 1.